The Kier molecular flexibility index (Phi) is 7.28. The van der Waals surface area contributed by atoms with Crippen LogP contribution in [0.4, 0.5) is 0 Å². The van der Waals surface area contributed by atoms with Crippen LogP contribution in [0, 0.1) is 13.8 Å². The molecule has 0 aliphatic carbocycles. The number of nitrogens with zero attached hydrogens (tertiary/aromatic N) is 4. The third-order valence-electron chi connectivity index (χ3n) is 5.38. The lowest BCUT2D eigenvalue weighted by atomic mass is 10.1. The molecule has 1 aliphatic heterocycles. The first kappa shape index (κ1) is 22.3. The molecule has 1 aromatic carbocycles. The van der Waals surface area contributed by atoms with Crippen LogP contribution >= 0.6 is 0 Å². The lowest BCUT2D eigenvalue weighted by molar-refractivity contribution is -0.123. The van der Waals surface area contributed by atoms with Crippen molar-refractivity contribution in [3.63, 3.8) is 0 Å². The van der Waals surface area contributed by atoms with Gasteiger partial charge in [0.05, 0.1) is 18.8 Å². The van der Waals surface area contributed by atoms with Gasteiger partial charge in [-0.05, 0) is 38.5 Å². The van der Waals surface area contributed by atoms with E-state index < -0.39 is 0 Å². The molecule has 31 heavy (non-hydrogen) atoms. The summed E-state index contributed by atoms with van der Waals surface area (Å²) >= 11 is 0. The van der Waals surface area contributed by atoms with Gasteiger partial charge in [0, 0.05) is 50.0 Å². The van der Waals surface area contributed by atoms with Crippen LogP contribution in [0.5, 0.6) is 0 Å². The van der Waals surface area contributed by atoms with Crippen molar-refractivity contribution in [2.75, 3.05) is 26.2 Å². The van der Waals surface area contributed by atoms with Crippen LogP contribution in [0.25, 0.3) is 0 Å². The minimum Gasteiger partial charge on any atom is -0.357 e. The molecule has 1 aromatic heterocycles. The first-order valence-corrected chi connectivity index (χ1v) is 10.5. The lowest BCUT2D eigenvalue weighted by Gasteiger charge is -2.26. The second kappa shape index (κ2) is 10.1. The fourth-order valence-corrected chi connectivity index (χ4v) is 3.50. The van der Waals surface area contributed by atoms with Crippen LogP contribution in [0.2, 0.25) is 0 Å². The fourth-order valence-electron chi connectivity index (χ4n) is 3.50. The van der Waals surface area contributed by atoms with Gasteiger partial charge in [-0.15, -0.1) is 0 Å². The van der Waals surface area contributed by atoms with Crippen molar-refractivity contribution in [3.05, 3.63) is 52.3 Å². The molecule has 166 valence electrons. The minimum absolute atomic E-state index is 0.110. The van der Waals surface area contributed by atoms with E-state index in [9.17, 15) is 9.59 Å². The predicted octanol–water partition coefficient (Wildman–Crippen LogP) is 0.864. The van der Waals surface area contributed by atoms with Gasteiger partial charge in [-0.1, -0.05) is 12.1 Å². The first-order valence-electron chi connectivity index (χ1n) is 10.5. The van der Waals surface area contributed by atoms with E-state index >= 15 is 0 Å². The molecule has 0 radical (unpaired) electrons. The number of rotatable bonds is 6. The summed E-state index contributed by atoms with van der Waals surface area (Å²) in [4.78, 5) is 30.3. The van der Waals surface area contributed by atoms with E-state index in [1.54, 1.807) is 17.0 Å². The number of carbonyl (C=O) groups excluding carboxylic acids is 2. The number of hydrogen-bond acceptors (Lipinski definition) is 4. The molecule has 9 heteroatoms. The van der Waals surface area contributed by atoms with Crippen molar-refractivity contribution in [1.29, 1.82) is 0 Å². The van der Waals surface area contributed by atoms with Gasteiger partial charge in [0.1, 0.15) is 0 Å². The zero-order valence-corrected chi connectivity index (χ0v) is 18.7. The number of nitrogens with one attached hydrogen (secondary N) is 3. The third-order valence-corrected chi connectivity index (χ3v) is 5.38. The molecule has 0 bridgehead atoms. The summed E-state index contributed by atoms with van der Waals surface area (Å²) in [7, 11) is 1.94. The summed E-state index contributed by atoms with van der Waals surface area (Å²) in [5.74, 6) is 0.484. The molecule has 2 heterocycles. The fraction of sp³-hybridized carbons (Fsp3) is 0.455. The number of aryl methyl sites for hydroxylation is 2. The molecule has 3 rings (SSSR count). The Labute approximate surface area is 182 Å². The molecule has 1 aliphatic rings. The van der Waals surface area contributed by atoms with Crippen LogP contribution < -0.4 is 16.0 Å². The molecule has 9 nitrogen and oxygen atoms in total. The number of carbonyl (C=O) groups is 2. The molecule has 0 saturated carbocycles. The molecule has 2 aromatic rings. The standard InChI is InChI=1S/C22H31N7O2/c1-5-23-22(26-13-19-15(2)27-28(4)16(19)3)25-12-17-6-8-18(9-7-17)21(31)29-11-10-24-20(30)14-29/h6-9H,5,10-14H2,1-4H3,(H,24,30)(H2,23,25,26). The Morgan fingerprint density at radius 2 is 1.97 bits per heavy atom. The zero-order valence-electron chi connectivity index (χ0n) is 18.7. The van der Waals surface area contributed by atoms with E-state index in [-0.39, 0.29) is 18.4 Å². The van der Waals surface area contributed by atoms with Crippen molar-refractivity contribution in [2.24, 2.45) is 12.0 Å². The molecule has 2 amide bonds. The summed E-state index contributed by atoms with van der Waals surface area (Å²) in [6.07, 6.45) is 0. The van der Waals surface area contributed by atoms with E-state index in [4.69, 9.17) is 0 Å². The van der Waals surface area contributed by atoms with Gasteiger partial charge in [-0.25, -0.2) is 4.99 Å². The van der Waals surface area contributed by atoms with Gasteiger partial charge in [-0.2, -0.15) is 5.10 Å². The minimum atomic E-state index is -0.123. The normalized spacial score (nSPS) is 14.4. The molecular formula is C22H31N7O2. The van der Waals surface area contributed by atoms with Crippen LogP contribution in [0.15, 0.2) is 29.3 Å². The highest BCUT2D eigenvalue weighted by atomic mass is 16.2. The lowest BCUT2D eigenvalue weighted by Crippen LogP contribution is -2.49. The van der Waals surface area contributed by atoms with Gasteiger partial charge >= 0.3 is 0 Å². The number of aromatic nitrogens is 2. The van der Waals surface area contributed by atoms with Crippen LogP contribution in [0.3, 0.4) is 0 Å². The van der Waals surface area contributed by atoms with Gasteiger partial charge in [0.15, 0.2) is 5.96 Å². The number of amides is 2. The smallest absolute Gasteiger partial charge is 0.254 e. The summed E-state index contributed by atoms with van der Waals surface area (Å²) in [6.45, 7) is 9.12. The molecule has 1 fully saturated rings. The van der Waals surface area contributed by atoms with Crippen LogP contribution in [-0.4, -0.2) is 58.6 Å². The Morgan fingerprint density at radius 1 is 1.23 bits per heavy atom. The van der Waals surface area contributed by atoms with Crippen LogP contribution in [0.1, 0.15) is 39.8 Å². The number of piperazine rings is 1. The Bertz CT molecular complexity index is 963. The van der Waals surface area contributed by atoms with E-state index in [0.717, 1.165) is 29.5 Å². The van der Waals surface area contributed by atoms with Gasteiger partial charge < -0.3 is 20.9 Å². The monoisotopic (exact) mass is 425 g/mol. The number of hydrogen-bond donors (Lipinski definition) is 3. The average Bonchev–Trinajstić information content (AvgIpc) is 3.01. The second-order valence-electron chi connectivity index (χ2n) is 7.60. The Balaban J connectivity index is 1.61. The summed E-state index contributed by atoms with van der Waals surface area (Å²) in [5.41, 5.74) is 4.89. The summed E-state index contributed by atoms with van der Waals surface area (Å²) in [6, 6.07) is 7.39. The van der Waals surface area contributed by atoms with Crippen molar-refractivity contribution in [2.45, 2.75) is 33.9 Å². The third kappa shape index (κ3) is 5.62. The highest BCUT2D eigenvalue weighted by Crippen LogP contribution is 2.12. The maximum absolute atomic E-state index is 12.6. The van der Waals surface area contributed by atoms with E-state index in [1.807, 2.05) is 37.7 Å². The van der Waals surface area contributed by atoms with Gasteiger partial charge in [0.25, 0.3) is 5.91 Å². The van der Waals surface area contributed by atoms with Crippen molar-refractivity contribution >= 4 is 17.8 Å². The molecular weight excluding hydrogens is 394 g/mol. The highest BCUT2D eigenvalue weighted by Gasteiger charge is 2.22. The first-order chi connectivity index (χ1) is 14.9. The van der Waals surface area contributed by atoms with Gasteiger partial charge in [-0.3, -0.25) is 14.3 Å². The zero-order chi connectivity index (χ0) is 22.4. The van der Waals surface area contributed by atoms with Crippen molar-refractivity contribution in [1.82, 2.24) is 30.6 Å². The largest absolute Gasteiger partial charge is 0.357 e. The van der Waals surface area contributed by atoms with Crippen molar-refractivity contribution in [3.8, 4) is 0 Å². The SMILES string of the molecule is CCNC(=NCc1ccc(C(=O)N2CCNC(=O)C2)cc1)NCc1c(C)nn(C)c1C. The summed E-state index contributed by atoms with van der Waals surface area (Å²) < 4.78 is 1.88. The molecule has 0 spiro atoms. The molecule has 1 saturated heterocycles. The number of aliphatic imine (C=N–C) groups is 1. The topological polar surface area (TPSA) is 104 Å². The Morgan fingerprint density at radius 3 is 2.58 bits per heavy atom. The van der Waals surface area contributed by atoms with Gasteiger partial charge in [0.2, 0.25) is 5.91 Å². The molecule has 0 atom stereocenters. The highest BCUT2D eigenvalue weighted by molar-refractivity contribution is 5.97. The number of guanidine groups is 1. The Hall–Kier alpha value is -3.36. The average molecular weight is 426 g/mol. The molecule has 3 N–H and O–H groups in total. The quantitative estimate of drug-likeness (QED) is 0.471. The van der Waals surface area contributed by atoms with Crippen LogP contribution in [-0.2, 0) is 24.9 Å². The maximum Gasteiger partial charge on any atom is 0.254 e. The summed E-state index contributed by atoms with van der Waals surface area (Å²) in [5, 5.41) is 13.8. The maximum atomic E-state index is 12.6. The van der Waals surface area contributed by atoms with E-state index in [0.29, 0.717) is 31.7 Å². The van der Waals surface area contributed by atoms with E-state index in [1.165, 1.54) is 5.56 Å². The van der Waals surface area contributed by atoms with Crippen molar-refractivity contribution < 1.29 is 9.59 Å². The predicted molar refractivity (Wildman–Crippen MR) is 120 cm³/mol. The molecule has 0 unspecified atom stereocenters. The second-order valence-corrected chi connectivity index (χ2v) is 7.60. The van der Waals surface area contributed by atoms with E-state index in [2.05, 4.69) is 33.0 Å². The number of benzene rings is 1.